The zero-order valence-electron chi connectivity index (χ0n) is 12.5. The molecule has 0 fully saturated rings. The Kier molecular flexibility index (Phi) is 5.86. The number of carbonyl (C=O) groups is 2. The van der Waals surface area contributed by atoms with Crippen molar-refractivity contribution in [2.24, 2.45) is 0 Å². The molecule has 0 saturated carbocycles. The number of halogens is 1. The van der Waals surface area contributed by atoms with Crippen LogP contribution in [-0.4, -0.2) is 17.0 Å². The standard InChI is InChI=1S/C18H18FNO3/c19-15-9-5-4-6-13(15)10-11-17(21)20-16(12-18(22)23)14-7-2-1-3-8-14/h1-9,16H,10-12H2,(H,20,21)(H,22,23). The lowest BCUT2D eigenvalue weighted by Crippen LogP contribution is -2.30. The monoisotopic (exact) mass is 315 g/mol. The van der Waals surface area contributed by atoms with Crippen molar-refractivity contribution in [2.45, 2.75) is 25.3 Å². The highest BCUT2D eigenvalue weighted by Gasteiger charge is 2.18. The van der Waals surface area contributed by atoms with Crippen LogP contribution in [0.15, 0.2) is 54.6 Å². The maximum Gasteiger partial charge on any atom is 0.305 e. The highest BCUT2D eigenvalue weighted by Crippen LogP contribution is 2.17. The van der Waals surface area contributed by atoms with E-state index in [9.17, 15) is 14.0 Å². The van der Waals surface area contributed by atoms with Crippen LogP contribution in [0.3, 0.4) is 0 Å². The third-order valence-electron chi connectivity index (χ3n) is 3.50. The Balaban J connectivity index is 1.98. The normalized spacial score (nSPS) is 11.7. The van der Waals surface area contributed by atoms with Gasteiger partial charge in [0.2, 0.25) is 5.91 Å². The number of carboxylic acid groups (broad SMARTS) is 1. The maximum atomic E-state index is 13.5. The van der Waals surface area contributed by atoms with Gasteiger partial charge >= 0.3 is 5.97 Å². The van der Waals surface area contributed by atoms with Gasteiger partial charge in [0.05, 0.1) is 12.5 Å². The minimum atomic E-state index is -0.992. The number of aryl methyl sites for hydroxylation is 1. The molecule has 0 radical (unpaired) electrons. The molecule has 0 spiro atoms. The van der Waals surface area contributed by atoms with E-state index in [1.165, 1.54) is 6.07 Å². The second-order valence-electron chi connectivity index (χ2n) is 5.22. The third-order valence-corrected chi connectivity index (χ3v) is 3.50. The van der Waals surface area contributed by atoms with Crippen LogP contribution in [-0.2, 0) is 16.0 Å². The van der Waals surface area contributed by atoms with Gasteiger partial charge in [0, 0.05) is 6.42 Å². The van der Waals surface area contributed by atoms with Crippen LogP contribution in [0.25, 0.3) is 0 Å². The summed E-state index contributed by atoms with van der Waals surface area (Å²) < 4.78 is 13.5. The predicted octanol–water partition coefficient (Wildman–Crippen LogP) is 3.09. The number of nitrogens with one attached hydrogen (secondary N) is 1. The minimum absolute atomic E-state index is 0.101. The van der Waals surface area contributed by atoms with E-state index < -0.39 is 12.0 Å². The summed E-state index contributed by atoms with van der Waals surface area (Å²) in [6, 6.07) is 14.6. The molecular formula is C18H18FNO3. The molecule has 0 aromatic heterocycles. The van der Waals surface area contributed by atoms with Gasteiger partial charge < -0.3 is 10.4 Å². The second-order valence-corrected chi connectivity index (χ2v) is 5.22. The van der Waals surface area contributed by atoms with Crippen LogP contribution in [0.1, 0.15) is 30.0 Å². The van der Waals surface area contributed by atoms with Gasteiger partial charge in [0.25, 0.3) is 0 Å². The fraction of sp³-hybridized carbons (Fsp3) is 0.222. The van der Waals surface area contributed by atoms with E-state index in [1.54, 1.807) is 42.5 Å². The van der Waals surface area contributed by atoms with E-state index in [0.717, 1.165) is 5.56 Å². The smallest absolute Gasteiger partial charge is 0.305 e. The topological polar surface area (TPSA) is 66.4 Å². The first-order valence-electron chi connectivity index (χ1n) is 7.36. The van der Waals surface area contributed by atoms with Crippen LogP contribution in [0.5, 0.6) is 0 Å². The summed E-state index contributed by atoms with van der Waals surface area (Å²) in [7, 11) is 0. The molecule has 0 aliphatic carbocycles. The van der Waals surface area contributed by atoms with Crippen molar-refractivity contribution in [1.29, 1.82) is 0 Å². The average Bonchev–Trinajstić information content (AvgIpc) is 2.54. The third kappa shape index (κ3) is 5.21. The molecule has 1 amide bonds. The molecule has 5 heteroatoms. The van der Waals surface area contributed by atoms with E-state index in [2.05, 4.69) is 5.32 Å². The van der Waals surface area contributed by atoms with E-state index in [1.807, 2.05) is 6.07 Å². The van der Waals surface area contributed by atoms with Crippen molar-refractivity contribution in [3.8, 4) is 0 Å². The van der Waals surface area contributed by atoms with Crippen LogP contribution in [0.4, 0.5) is 4.39 Å². The minimum Gasteiger partial charge on any atom is -0.481 e. The number of hydrogen-bond acceptors (Lipinski definition) is 2. The Morgan fingerprint density at radius 2 is 1.70 bits per heavy atom. The number of carbonyl (C=O) groups excluding carboxylic acids is 1. The molecule has 0 bridgehead atoms. The molecule has 23 heavy (non-hydrogen) atoms. The number of carboxylic acids is 1. The van der Waals surface area contributed by atoms with E-state index in [-0.39, 0.29) is 31.0 Å². The largest absolute Gasteiger partial charge is 0.481 e. The average molecular weight is 315 g/mol. The number of benzene rings is 2. The summed E-state index contributed by atoms with van der Waals surface area (Å²) in [5.41, 5.74) is 1.20. The zero-order chi connectivity index (χ0) is 16.7. The van der Waals surface area contributed by atoms with Gasteiger partial charge in [-0.05, 0) is 23.6 Å². The molecule has 0 aliphatic rings. The Morgan fingerprint density at radius 3 is 2.35 bits per heavy atom. The summed E-state index contributed by atoms with van der Waals surface area (Å²) in [5, 5.41) is 11.7. The van der Waals surface area contributed by atoms with Gasteiger partial charge in [-0.3, -0.25) is 9.59 Å². The lowest BCUT2D eigenvalue weighted by molar-refractivity contribution is -0.137. The lowest BCUT2D eigenvalue weighted by Gasteiger charge is -2.17. The molecule has 0 aliphatic heterocycles. The number of aliphatic carboxylic acids is 1. The summed E-state index contributed by atoms with van der Waals surface area (Å²) >= 11 is 0. The summed E-state index contributed by atoms with van der Waals surface area (Å²) in [6.07, 6.45) is 0.173. The predicted molar refractivity (Wildman–Crippen MR) is 84.3 cm³/mol. The Morgan fingerprint density at radius 1 is 1.04 bits per heavy atom. The number of rotatable bonds is 7. The number of hydrogen-bond donors (Lipinski definition) is 2. The molecule has 1 unspecified atom stereocenters. The summed E-state index contributed by atoms with van der Waals surface area (Å²) in [6.45, 7) is 0. The second kappa shape index (κ2) is 8.08. The van der Waals surface area contributed by atoms with Crippen molar-refractivity contribution in [3.05, 3.63) is 71.5 Å². The van der Waals surface area contributed by atoms with Crippen molar-refractivity contribution in [1.82, 2.24) is 5.32 Å². The van der Waals surface area contributed by atoms with Crippen LogP contribution < -0.4 is 5.32 Å². The Hall–Kier alpha value is -2.69. The van der Waals surface area contributed by atoms with Crippen molar-refractivity contribution in [3.63, 3.8) is 0 Å². The maximum absolute atomic E-state index is 13.5. The van der Waals surface area contributed by atoms with E-state index in [0.29, 0.717) is 5.56 Å². The van der Waals surface area contributed by atoms with Gasteiger partial charge in [0.1, 0.15) is 5.82 Å². The highest BCUT2D eigenvalue weighted by atomic mass is 19.1. The molecule has 1 atom stereocenters. The fourth-order valence-corrected chi connectivity index (χ4v) is 2.33. The molecule has 0 heterocycles. The molecular weight excluding hydrogens is 297 g/mol. The quantitative estimate of drug-likeness (QED) is 0.825. The first-order valence-corrected chi connectivity index (χ1v) is 7.36. The fourth-order valence-electron chi connectivity index (χ4n) is 2.33. The van der Waals surface area contributed by atoms with Gasteiger partial charge in [0.15, 0.2) is 0 Å². The first kappa shape index (κ1) is 16.7. The van der Waals surface area contributed by atoms with Gasteiger partial charge in [-0.25, -0.2) is 4.39 Å². The summed E-state index contributed by atoms with van der Waals surface area (Å²) in [5.74, 6) is -1.64. The van der Waals surface area contributed by atoms with Crippen LogP contribution >= 0.6 is 0 Å². The lowest BCUT2D eigenvalue weighted by atomic mass is 10.0. The molecule has 2 rings (SSSR count). The molecule has 2 aromatic carbocycles. The van der Waals surface area contributed by atoms with Crippen molar-refractivity contribution in [2.75, 3.05) is 0 Å². The molecule has 120 valence electrons. The molecule has 4 nitrogen and oxygen atoms in total. The SMILES string of the molecule is O=C(O)CC(NC(=O)CCc1ccccc1F)c1ccccc1. The van der Waals surface area contributed by atoms with Gasteiger partial charge in [-0.1, -0.05) is 48.5 Å². The molecule has 2 N–H and O–H groups in total. The van der Waals surface area contributed by atoms with E-state index in [4.69, 9.17) is 5.11 Å². The Bertz CT molecular complexity index is 673. The first-order chi connectivity index (χ1) is 11.1. The van der Waals surface area contributed by atoms with Crippen LogP contribution in [0, 0.1) is 5.82 Å². The summed E-state index contributed by atoms with van der Waals surface area (Å²) in [4.78, 5) is 23.1. The van der Waals surface area contributed by atoms with E-state index >= 15 is 0 Å². The van der Waals surface area contributed by atoms with Crippen molar-refractivity contribution >= 4 is 11.9 Å². The zero-order valence-corrected chi connectivity index (χ0v) is 12.5. The molecule has 2 aromatic rings. The van der Waals surface area contributed by atoms with Gasteiger partial charge in [-0.15, -0.1) is 0 Å². The number of amides is 1. The highest BCUT2D eigenvalue weighted by molar-refractivity contribution is 5.78. The van der Waals surface area contributed by atoms with Gasteiger partial charge in [-0.2, -0.15) is 0 Å². The van der Waals surface area contributed by atoms with Crippen molar-refractivity contribution < 1.29 is 19.1 Å². The van der Waals surface area contributed by atoms with Crippen LogP contribution in [0.2, 0.25) is 0 Å². The Labute approximate surface area is 134 Å². The molecule has 0 saturated heterocycles.